The Bertz CT molecular complexity index is 321. The van der Waals surface area contributed by atoms with E-state index >= 15 is 0 Å². The Morgan fingerprint density at radius 3 is 2.44 bits per heavy atom. The smallest absolute Gasteiger partial charge is 0.0408 e. The van der Waals surface area contributed by atoms with Crippen molar-refractivity contribution in [3.8, 4) is 0 Å². The fourth-order valence-electron chi connectivity index (χ4n) is 1.80. The Balaban J connectivity index is 2.99. The molecular weight excluding hydrogens is 351 g/mol. The van der Waals surface area contributed by atoms with Crippen molar-refractivity contribution in [2.24, 2.45) is 0 Å². The fraction of sp³-hybridized carbons (Fsp3) is 0.538. The molecule has 0 aromatic heterocycles. The first kappa shape index (κ1) is 14.5. The zero-order valence-corrected chi connectivity index (χ0v) is 13.4. The maximum Gasteiger partial charge on any atom is 0.0408 e. The van der Waals surface area contributed by atoms with Gasteiger partial charge in [-0.15, -0.1) is 0 Å². The number of alkyl halides is 2. The highest BCUT2D eigenvalue weighted by molar-refractivity contribution is 9.09. The number of rotatable bonds is 6. The van der Waals surface area contributed by atoms with Gasteiger partial charge >= 0.3 is 0 Å². The van der Waals surface area contributed by atoms with Crippen LogP contribution < -0.4 is 0 Å². The van der Waals surface area contributed by atoms with E-state index in [1.807, 2.05) is 12.1 Å². The molecule has 90 valence electrons. The molecule has 0 saturated carbocycles. The molecular formula is C13H17Br2Cl. The minimum absolute atomic E-state index is 0.168. The molecule has 1 aromatic carbocycles. The van der Waals surface area contributed by atoms with Gasteiger partial charge in [0.2, 0.25) is 0 Å². The lowest BCUT2D eigenvalue weighted by Gasteiger charge is -2.31. The molecule has 0 heterocycles. The lowest BCUT2D eigenvalue weighted by atomic mass is 9.80. The summed E-state index contributed by atoms with van der Waals surface area (Å²) in [6.07, 6.45) is 3.65. The Morgan fingerprint density at radius 1 is 1.25 bits per heavy atom. The van der Waals surface area contributed by atoms with Crippen molar-refractivity contribution in [1.29, 1.82) is 0 Å². The van der Waals surface area contributed by atoms with Gasteiger partial charge in [-0.3, -0.25) is 0 Å². The van der Waals surface area contributed by atoms with E-state index in [9.17, 15) is 0 Å². The molecule has 0 atom stereocenters. The van der Waals surface area contributed by atoms with E-state index < -0.39 is 0 Å². The van der Waals surface area contributed by atoms with Crippen molar-refractivity contribution in [3.05, 3.63) is 34.9 Å². The highest BCUT2D eigenvalue weighted by atomic mass is 79.9. The second kappa shape index (κ2) is 7.03. The van der Waals surface area contributed by atoms with E-state index in [0.717, 1.165) is 15.7 Å². The van der Waals surface area contributed by atoms with Crippen LogP contribution in [-0.4, -0.2) is 10.7 Å². The average molecular weight is 369 g/mol. The molecule has 1 aromatic rings. The SMILES string of the molecule is CCCCC(CBr)(CBr)c1cccc(Cl)c1. The van der Waals surface area contributed by atoms with Gasteiger partial charge in [0, 0.05) is 21.1 Å². The van der Waals surface area contributed by atoms with Gasteiger partial charge in [0.15, 0.2) is 0 Å². The third-order valence-electron chi connectivity index (χ3n) is 2.96. The molecule has 0 saturated heterocycles. The number of unbranched alkanes of at least 4 members (excludes halogenated alkanes) is 1. The van der Waals surface area contributed by atoms with Gasteiger partial charge in [0.05, 0.1) is 0 Å². The monoisotopic (exact) mass is 366 g/mol. The van der Waals surface area contributed by atoms with Crippen molar-refractivity contribution < 1.29 is 0 Å². The van der Waals surface area contributed by atoms with Gasteiger partial charge in [-0.25, -0.2) is 0 Å². The molecule has 1 rings (SSSR count). The van der Waals surface area contributed by atoms with Crippen LogP contribution in [0.25, 0.3) is 0 Å². The Hall–Kier alpha value is 0.470. The number of hydrogen-bond acceptors (Lipinski definition) is 0. The number of benzene rings is 1. The lowest BCUT2D eigenvalue weighted by molar-refractivity contribution is 0.480. The Morgan fingerprint density at radius 2 is 1.94 bits per heavy atom. The quantitative estimate of drug-likeness (QED) is 0.577. The molecule has 0 fully saturated rings. The van der Waals surface area contributed by atoms with Crippen molar-refractivity contribution in [1.82, 2.24) is 0 Å². The molecule has 0 nitrogen and oxygen atoms in total. The van der Waals surface area contributed by atoms with Gasteiger partial charge in [0.1, 0.15) is 0 Å². The first-order valence-corrected chi connectivity index (χ1v) is 8.18. The minimum Gasteiger partial charge on any atom is -0.0918 e. The highest BCUT2D eigenvalue weighted by Crippen LogP contribution is 2.35. The molecule has 0 aliphatic heterocycles. The molecule has 0 N–H and O–H groups in total. The van der Waals surface area contributed by atoms with Gasteiger partial charge in [-0.1, -0.05) is 75.4 Å². The van der Waals surface area contributed by atoms with Gasteiger partial charge in [-0.05, 0) is 24.1 Å². The predicted molar refractivity (Wildman–Crippen MR) is 80.2 cm³/mol. The van der Waals surface area contributed by atoms with Crippen LogP contribution in [-0.2, 0) is 5.41 Å². The zero-order valence-electron chi connectivity index (χ0n) is 9.48. The molecule has 0 radical (unpaired) electrons. The van der Waals surface area contributed by atoms with Crippen LogP contribution in [0.2, 0.25) is 5.02 Å². The summed E-state index contributed by atoms with van der Waals surface area (Å²) in [5, 5.41) is 2.75. The normalized spacial score (nSPS) is 11.8. The summed E-state index contributed by atoms with van der Waals surface area (Å²) in [7, 11) is 0. The number of hydrogen-bond donors (Lipinski definition) is 0. The van der Waals surface area contributed by atoms with Crippen LogP contribution in [0.5, 0.6) is 0 Å². The molecule has 0 unspecified atom stereocenters. The standard InChI is InChI=1S/C13H17Br2Cl/c1-2-3-7-13(9-14,10-15)11-5-4-6-12(16)8-11/h4-6,8H,2-3,7,9-10H2,1H3. The summed E-state index contributed by atoms with van der Waals surface area (Å²) in [5.41, 5.74) is 1.49. The van der Waals surface area contributed by atoms with E-state index in [-0.39, 0.29) is 5.41 Å². The van der Waals surface area contributed by atoms with E-state index in [4.69, 9.17) is 11.6 Å². The minimum atomic E-state index is 0.168. The fourth-order valence-corrected chi connectivity index (χ4v) is 4.13. The molecule has 0 aliphatic rings. The first-order chi connectivity index (χ1) is 7.68. The topological polar surface area (TPSA) is 0 Å². The molecule has 16 heavy (non-hydrogen) atoms. The van der Waals surface area contributed by atoms with E-state index in [0.29, 0.717) is 0 Å². The third-order valence-corrected chi connectivity index (χ3v) is 5.34. The largest absolute Gasteiger partial charge is 0.0918 e. The molecule has 0 aliphatic carbocycles. The first-order valence-electron chi connectivity index (χ1n) is 5.56. The maximum atomic E-state index is 6.07. The van der Waals surface area contributed by atoms with Gasteiger partial charge in [-0.2, -0.15) is 0 Å². The summed E-state index contributed by atoms with van der Waals surface area (Å²) in [6.45, 7) is 2.23. The van der Waals surface area contributed by atoms with Crippen LogP contribution in [0.1, 0.15) is 31.7 Å². The van der Waals surface area contributed by atoms with E-state index in [2.05, 4.69) is 50.9 Å². The molecule has 3 heteroatoms. The summed E-state index contributed by atoms with van der Waals surface area (Å²) >= 11 is 13.4. The van der Waals surface area contributed by atoms with Crippen LogP contribution in [0.4, 0.5) is 0 Å². The summed E-state index contributed by atoms with van der Waals surface area (Å²) in [5.74, 6) is 0. The van der Waals surface area contributed by atoms with Crippen molar-refractivity contribution in [3.63, 3.8) is 0 Å². The van der Waals surface area contributed by atoms with Crippen LogP contribution in [0.3, 0.4) is 0 Å². The second-order valence-electron chi connectivity index (χ2n) is 4.16. The van der Waals surface area contributed by atoms with E-state index in [1.165, 1.54) is 24.8 Å². The van der Waals surface area contributed by atoms with Crippen LogP contribution in [0.15, 0.2) is 24.3 Å². The highest BCUT2D eigenvalue weighted by Gasteiger charge is 2.29. The van der Waals surface area contributed by atoms with Crippen molar-refractivity contribution in [2.75, 3.05) is 10.7 Å². The van der Waals surface area contributed by atoms with Crippen LogP contribution in [0, 0.1) is 0 Å². The molecule has 0 amide bonds. The second-order valence-corrected chi connectivity index (χ2v) is 5.72. The lowest BCUT2D eigenvalue weighted by Crippen LogP contribution is -2.30. The molecule has 0 bridgehead atoms. The van der Waals surface area contributed by atoms with Crippen LogP contribution >= 0.6 is 43.5 Å². The van der Waals surface area contributed by atoms with Gasteiger partial charge in [0.25, 0.3) is 0 Å². The average Bonchev–Trinajstić information content (AvgIpc) is 2.31. The number of halogens is 3. The van der Waals surface area contributed by atoms with Gasteiger partial charge < -0.3 is 0 Å². The van der Waals surface area contributed by atoms with Crippen molar-refractivity contribution >= 4 is 43.5 Å². The molecule has 0 spiro atoms. The third kappa shape index (κ3) is 3.48. The zero-order chi connectivity index (χ0) is 12.0. The summed E-state index contributed by atoms with van der Waals surface area (Å²) in [6, 6.07) is 8.21. The van der Waals surface area contributed by atoms with Crippen molar-refractivity contribution in [2.45, 2.75) is 31.6 Å². The summed E-state index contributed by atoms with van der Waals surface area (Å²) < 4.78 is 0. The Kier molecular flexibility index (Phi) is 6.38. The predicted octanol–water partition coefficient (Wildman–Crippen LogP) is 5.56. The van der Waals surface area contributed by atoms with E-state index in [1.54, 1.807) is 0 Å². The Labute approximate surface area is 120 Å². The maximum absolute atomic E-state index is 6.07. The summed E-state index contributed by atoms with van der Waals surface area (Å²) in [4.78, 5) is 0.